The highest BCUT2D eigenvalue weighted by atomic mass is 32.2. The maximum atomic E-state index is 11.5. The molecule has 0 N–H and O–H groups in total. The maximum absolute atomic E-state index is 11.5. The van der Waals surface area contributed by atoms with Crippen LogP contribution in [0.3, 0.4) is 0 Å². The van der Waals surface area contributed by atoms with E-state index >= 15 is 0 Å². The van der Waals surface area contributed by atoms with Crippen molar-refractivity contribution in [2.45, 2.75) is 30.9 Å². The Morgan fingerprint density at radius 1 is 1.33 bits per heavy atom. The lowest BCUT2D eigenvalue weighted by atomic mass is 9.86. The van der Waals surface area contributed by atoms with Gasteiger partial charge in [0.2, 0.25) is 0 Å². The van der Waals surface area contributed by atoms with E-state index in [-0.39, 0.29) is 17.0 Å². The lowest BCUT2D eigenvalue weighted by Crippen LogP contribution is -2.24. The van der Waals surface area contributed by atoms with Gasteiger partial charge in [0.25, 0.3) is 0 Å². The summed E-state index contributed by atoms with van der Waals surface area (Å²) in [6.07, 6.45) is 4.10. The van der Waals surface area contributed by atoms with Crippen molar-refractivity contribution >= 4 is 16.6 Å². The van der Waals surface area contributed by atoms with Gasteiger partial charge in [-0.2, -0.15) is 0 Å². The molecule has 2 aliphatic rings. The fourth-order valence-corrected chi connectivity index (χ4v) is 3.80. The number of rotatable bonds is 0. The first-order chi connectivity index (χ1) is 5.72. The Hall–Kier alpha value is -0.440. The number of carbonyl (C=O) groups excluding carboxylic acids is 1. The van der Waals surface area contributed by atoms with Crippen LogP contribution < -0.4 is 0 Å². The Labute approximate surface area is 74.5 Å². The summed E-state index contributed by atoms with van der Waals surface area (Å²) < 4.78 is 11.5. The molecule has 1 aliphatic carbocycles. The fraction of sp³-hybridized carbons (Fsp3) is 0.667. The van der Waals surface area contributed by atoms with Gasteiger partial charge in [0, 0.05) is 11.2 Å². The van der Waals surface area contributed by atoms with Crippen LogP contribution in [0, 0.1) is 5.92 Å². The number of hydrogen-bond donors (Lipinski definition) is 0. The molecule has 0 radical (unpaired) electrons. The summed E-state index contributed by atoms with van der Waals surface area (Å²) in [5, 5.41) is 0.110. The van der Waals surface area contributed by atoms with E-state index in [1.807, 2.05) is 0 Å². The van der Waals surface area contributed by atoms with E-state index in [0.717, 1.165) is 25.7 Å². The topological polar surface area (TPSA) is 34.1 Å². The first-order valence-electron chi connectivity index (χ1n) is 4.35. The Bertz CT molecular complexity index is 244. The molecule has 0 bridgehead atoms. The third kappa shape index (κ3) is 0.993. The van der Waals surface area contributed by atoms with Crippen molar-refractivity contribution in [2.75, 3.05) is 0 Å². The van der Waals surface area contributed by atoms with E-state index in [1.165, 1.54) is 0 Å². The van der Waals surface area contributed by atoms with Crippen LogP contribution in [0.1, 0.15) is 25.7 Å². The summed E-state index contributed by atoms with van der Waals surface area (Å²) in [6.45, 7) is 3.59. The quantitative estimate of drug-likeness (QED) is 0.533. The normalized spacial score (nSPS) is 41.5. The molecular weight excluding hydrogens is 172 g/mol. The molecule has 1 saturated carbocycles. The second-order valence-electron chi connectivity index (χ2n) is 3.51. The van der Waals surface area contributed by atoms with Crippen molar-refractivity contribution in [3.63, 3.8) is 0 Å². The van der Waals surface area contributed by atoms with Crippen molar-refractivity contribution in [2.24, 2.45) is 5.92 Å². The smallest absolute Gasteiger partial charge is 0.175 e. The molecule has 1 saturated heterocycles. The van der Waals surface area contributed by atoms with E-state index < -0.39 is 10.8 Å². The molecule has 0 amide bonds. The lowest BCUT2D eigenvalue weighted by molar-refractivity contribution is -0.118. The van der Waals surface area contributed by atoms with Gasteiger partial charge in [-0.15, -0.1) is 0 Å². The van der Waals surface area contributed by atoms with Crippen LogP contribution in [-0.4, -0.2) is 15.2 Å². The zero-order valence-corrected chi connectivity index (χ0v) is 7.73. The highest BCUT2D eigenvalue weighted by Crippen LogP contribution is 2.38. The molecule has 2 fully saturated rings. The highest BCUT2D eigenvalue weighted by molar-refractivity contribution is 7.91. The molecule has 0 spiro atoms. The summed E-state index contributed by atoms with van der Waals surface area (Å²) in [7, 11) is -1.06. The number of allylic oxidation sites excluding steroid dienone is 1. The zero-order valence-electron chi connectivity index (χ0n) is 6.91. The van der Waals surface area contributed by atoms with E-state index in [1.54, 1.807) is 0 Å². The van der Waals surface area contributed by atoms with Crippen molar-refractivity contribution in [3.05, 3.63) is 11.5 Å². The minimum Gasteiger partial charge on any atom is -0.293 e. The summed E-state index contributed by atoms with van der Waals surface area (Å²) in [4.78, 5) is 11.8. The lowest BCUT2D eigenvalue weighted by Gasteiger charge is -2.21. The number of hydrogen-bond acceptors (Lipinski definition) is 2. The van der Waals surface area contributed by atoms with E-state index in [2.05, 4.69) is 6.58 Å². The molecule has 3 atom stereocenters. The van der Waals surface area contributed by atoms with Crippen molar-refractivity contribution in [1.29, 1.82) is 0 Å². The predicted octanol–water partition coefficient (Wildman–Crippen LogP) is 1.39. The molecule has 1 heterocycles. The monoisotopic (exact) mass is 184 g/mol. The Morgan fingerprint density at radius 3 is 2.67 bits per heavy atom. The van der Waals surface area contributed by atoms with Crippen LogP contribution in [-0.2, 0) is 15.6 Å². The Balaban J connectivity index is 2.31. The molecule has 66 valence electrons. The van der Waals surface area contributed by atoms with Gasteiger partial charge in [-0.25, -0.2) is 0 Å². The fourth-order valence-electron chi connectivity index (χ4n) is 2.14. The minimum absolute atomic E-state index is 0.0482. The third-order valence-corrected chi connectivity index (χ3v) is 4.63. The van der Waals surface area contributed by atoms with Gasteiger partial charge in [0.1, 0.15) is 0 Å². The van der Waals surface area contributed by atoms with Gasteiger partial charge in [0.05, 0.1) is 15.7 Å². The third-order valence-electron chi connectivity index (χ3n) is 2.83. The molecule has 0 aromatic carbocycles. The van der Waals surface area contributed by atoms with Gasteiger partial charge < -0.3 is 0 Å². The highest BCUT2D eigenvalue weighted by Gasteiger charge is 2.44. The van der Waals surface area contributed by atoms with Crippen molar-refractivity contribution in [1.82, 2.24) is 0 Å². The van der Waals surface area contributed by atoms with Gasteiger partial charge in [0.15, 0.2) is 5.78 Å². The summed E-state index contributed by atoms with van der Waals surface area (Å²) in [5.41, 5.74) is 0. The second-order valence-corrected chi connectivity index (χ2v) is 5.21. The van der Waals surface area contributed by atoms with E-state index in [4.69, 9.17) is 0 Å². The van der Waals surface area contributed by atoms with Crippen LogP contribution in [0.15, 0.2) is 11.5 Å². The minimum atomic E-state index is -1.06. The molecule has 2 nitrogen and oxygen atoms in total. The maximum Gasteiger partial charge on any atom is 0.175 e. The summed E-state index contributed by atoms with van der Waals surface area (Å²) in [6, 6.07) is 0. The van der Waals surface area contributed by atoms with E-state index in [0.29, 0.717) is 4.91 Å². The first-order valence-corrected chi connectivity index (χ1v) is 5.57. The molecule has 3 unspecified atom stereocenters. The largest absolute Gasteiger partial charge is 0.293 e. The average Bonchev–Trinajstić information content (AvgIpc) is 2.33. The number of fused-ring (bicyclic) bond motifs is 1. The molecule has 2 rings (SSSR count). The van der Waals surface area contributed by atoms with Crippen LogP contribution in [0.2, 0.25) is 0 Å². The molecule has 12 heavy (non-hydrogen) atoms. The first kappa shape index (κ1) is 8.17. The van der Waals surface area contributed by atoms with Gasteiger partial charge >= 0.3 is 0 Å². The van der Waals surface area contributed by atoms with Crippen LogP contribution in [0.25, 0.3) is 0 Å². The number of ketones is 1. The standard InChI is InChI=1S/C9H12O2S/c1-6-9(10)7-4-2-3-5-8(7)12(6)11/h7-8H,1-5H2. The Kier molecular flexibility index (Phi) is 1.91. The van der Waals surface area contributed by atoms with Crippen LogP contribution >= 0.6 is 0 Å². The van der Waals surface area contributed by atoms with Crippen molar-refractivity contribution in [3.8, 4) is 0 Å². The van der Waals surface area contributed by atoms with Gasteiger partial charge in [-0.05, 0) is 12.8 Å². The molecule has 0 aromatic rings. The summed E-state index contributed by atoms with van der Waals surface area (Å²) in [5.74, 6) is 0.116. The van der Waals surface area contributed by atoms with Crippen LogP contribution in [0.4, 0.5) is 0 Å². The number of Topliss-reactive ketones (excluding diaryl/α,β-unsaturated/α-hetero) is 1. The number of carbonyl (C=O) groups is 1. The predicted molar refractivity (Wildman–Crippen MR) is 48.0 cm³/mol. The molecule has 1 aliphatic heterocycles. The van der Waals surface area contributed by atoms with E-state index in [9.17, 15) is 9.00 Å². The zero-order chi connectivity index (χ0) is 8.72. The van der Waals surface area contributed by atoms with Gasteiger partial charge in [-0.1, -0.05) is 19.4 Å². The van der Waals surface area contributed by atoms with Gasteiger partial charge in [-0.3, -0.25) is 9.00 Å². The molecule has 0 aromatic heterocycles. The average molecular weight is 184 g/mol. The molecule has 3 heteroatoms. The molecular formula is C9H12O2S. The summed E-state index contributed by atoms with van der Waals surface area (Å²) >= 11 is 0. The van der Waals surface area contributed by atoms with Crippen LogP contribution in [0.5, 0.6) is 0 Å². The Morgan fingerprint density at radius 2 is 2.00 bits per heavy atom. The van der Waals surface area contributed by atoms with Crippen molar-refractivity contribution < 1.29 is 9.00 Å². The SMILES string of the molecule is C=C1C(=O)C2CCCCC2S1=O. The second kappa shape index (κ2) is 2.80.